The fourth-order valence-electron chi connectivity index (χ4n) is 2.98. The third kappa shape index (κ3) is 2.23. The van der Waals surface area contributed by atoms with Crippen LogP contribution >= 0.6 is 0 Å². The first kappa shape index (κ1) is 12.2. The summed E-state index contributed by atoms with van der Waals surface area (Å²) in [7, 11) is 0. The quantitative estimate of drug-likeness (QED) is 0.869. The van der Waals surface area contributed by atoms with Crippen molar-refractivity contribution in [2.45, 2.75) is 33.2 Å². The molecule has 0 fully saturated rings. The molecule has 1 N–H and O–H groups in total. The summed E-state index contributed by atoms with van der Waals surface area (Å²) < 4.78 is 0. The van der Waals surface area contributed by atoms with E-state index in [1.807, 2.05) is 13.1 Å². The van der Waals surface area contributed by atoms with E-state index >= 15 is 0 Å². The zero-order chi connectivity index (χ0) is 13.5. The Labute approximate surface area is 114 Å². The molecular weight excluding hydrogens is 232 g/mol. The van der Waals surface area contributed by atoms with Gasteiger partial charge < -0.3 is 5.32 Å². The number of nitrogens with one attached hydrogen (secondary N) is 1. The summed E-state index contributed by atoms with van der Waals surface area (Å²) in [6.07, 6.45) is 3.05. The third-order valence-corrected chi connectivity index (χ3v) is 4.02. The number of anilines is 1. The molecule has 2 nitrogen and oxygen atoms in total. The molecule has 1 unspecified atom stereocenters. The van der Waals surface area contributed by atoms with Gasteiger partial charge in [0.05, 0.1) is 17.9 Å². The van der Waals surface area contributed by atoms with Crippen molar-refractivity contribution < 1.29 is 0 Å². The molecule has 1 aliphatic rings. The van der Waals surface area contributed by atoms with Gasteiger partial charge in [0.2, 0.25) is 0 Å². The Morgan fingerprint density at radius 1 is 1.16 bits per heavy atom. The van der Waals surface area contributed by atoms with Crippen LogP contribution in [0.2, 0.25) is 0 Å². The summed E-state index contributed by atoms with van der Waals surface area (Å²) in [4.78, 5) is 4.36. The van der Waals surface area contributed by atoms with Gasteiger partial charge in [-0.15, -0.1) is 0 Å². The van der Waals surface area contributed by atoms with Crippen LogP contribution in [0.5, 0.6) is 0 Å². The molecule has 2 aromatic rings. The normalized spacial score (nSPS) is 20.1. The van der Waals surface area contributed by atoms with Gasteiger partial charge in [0.15, 0.2) is 0 Å². The Kier molecular flexibility index (Phi) is 2.81. The van der Waals surface area contributed by atoms with Crippen molar-refractivity contribution in [2.75, 3.05) is 5.32 Å². The Morgan fingerprint density at radius 2 is 1.95 bits per heavy atom. The van der Waals surface area contributed by atoms with Crippen molar-refractivity contribution in [3.8, 4) is 0 Å². The third-order valence-electron chi connectivity index (χ3n) is 4.02. The number of nitrogens with zero attached hydrogens (tertiary/aromatic N) is 1. The van der Waals surface area contributed by atoms with Crippen LogP contribution in [0.4, 0.5) is 5.69 Å². The molecule has 0 bridgehead atoms. The highest BCUT2D eigenvalue weighted by atomic mass is 15.0. The summed E-state index contributed by atoms with van der Waals surface area (Å²) in [5, 5.41) is 3.65. The van der Waals surface area contributed by atoms with E-state index in [-0.39, 0.29) is 5.41 Å². The average molecular weight is 252 g/mol. The minimum atomic E-state index is 0.231. The number of benzene rings is 1. The van der Waals surface area contributed by atoms with Crippen LogP contribution in [-0.4, -0.2) is 4.98 Å². The molecule has 1 aromatic heterocycles. The number of hydrogen-bond acceptors (Lipinski definition) is 2. The van der Waals surface area contributed by atoms with Gasteiger partial charge in [0, 0.05) is 5.69 Å². The SMILES string of the molecule is Cc1ccc(NC2c3ccccc3CC2(C)C)cn1. The Morgan fingerprint density at radius 3 is 2.68 bits per heavy atom. The van der Waals surface area contributed by atoms with Gasteiger partial charge >= 0.3 is 0 Å². The smallest absolute Gasteiger partial charge is 0.0571 e. The first-order valence-electron chi connectivity index (χ1n) is 6.83. The second kappa shape index (κ2) is 4.37. The van der Waals surface area contributed by atoms with Crippen LogP contribution in [0, 0.1) is 12.3 Å². The minimum Gasteiger partial charge on any atom is -0.376 e. The lowest BCUT2D eigenvalue weighted by molar-refractivity contribution is 0.337. The molecule has 98 valence electrons. The maximum absolute atomic E-state index is 4.36. The van der Waals surface area contributed by atoms with E-state index < -0.39 is 0 Å². The molecule has 1 aromatic carbocycles. The molecule has 0 saturated carbocycles. The Hall–Kier alpha value is -1.83. The second-order valence-corrected chi connectivity index (χ2v) is 6.13. The molecule has 0 aliphatic heterocycles. The minimum absolute atomic E-state index is 0.231. The van der Waals surface area contributed by atoms with Crippen molar-refractivity contribution in [1.29, 1.82) is 0 Å². The van der Waals surface area contributed by atoms with Gasteiger partial charge in [-0.25, -0.2) is 0 Å². The maximum atomic E-state index is 4.36. The summed E-state index contributed by atoms with van der Waals surface area (Å²) >= 11 is 0. The van der Waals surface area contributed by atoms with Gasteiger partial charge in [-0.2, -0.15) is 0 Å². The Balaban J connectivity index is 1.93. The predicted octanol–water partition coefficient (Wildman–Crippen LogP) is 4.13. The van der Waals surface area contributed by atoms with Gasteiger partial charge in [-0.1, -0.05) is 38.1 Å². The topological polar surface area (TPSA) is 24.9 Å². The number of pyridine rings is 1. The molecule has 1 atom stereocenters. The van der Waals surface area contributed by atoms with Gasteiger partial charge in [-0.3, -0.25) is 4.98 Å². The van der Waals surface area contributed by atoms with E-state index in [1.54, 1.807) is 0 Å². The van der Waals surface area contributed by atoms with Crippen LogP contribution in [0.25, 0.3) is 0 Å². The molecular formula is C17H20N2. The lowest BCUT2D eigenvalue weighted by atomic mass is 9.85. The molecule has 0 amide bonds. The number of fused-ring (bicyclic) bond motifs is 1. The summed E-state index contributed by atoms with van der Waals surface area (Å²) in [5.41, 5.74) is 5.27. The maximum Gasteiger partial charge on any atom is 0.0571 e. The van der Waals surface area contributed by atoms with Crippen LogP contribution in [0.3, 0.4) is 0 Å². The van der Waals surface area contributed by atoms with E-state index in [2.05, 4.69) is 60.5 Å². The van der Waals surface area contributed by atoms with Crippen molar-refractivity contribution in [1.82, 2.24) is 4.98 Å². The fourth-order valence-corrected chi connectivity index (χ4v) is 2.98. The van der Waals surface area contributed by atoms with Crippen LogP contribution < -0.4 is 5.32 Å². The molecule has 0 saturated heterocycles. The van der Waals surface area contributed by atoms with Crippen molar-refractivity contribution in [2.24, 2.45) is 5.41 Å². The summed E-state index contributed by atoms with van der Waals surface area (Å²) in [6.45, 7) is 6.66. The molecule has 0 spiro atoms. The highest BCUT2D eigenvalue weighted by Crippen LogP contribution is 2.46. The van der Waals surface area contributed by atoms with Gasteiger partial charge in [0.25, 0.3) is 0 Å². The van der Waals surface area contributed by atoms with E-state index in [0.29, 0.717) is 6.04 Å². The average Bonchev–Trinajstić information content (AvgIpc) is 2.63. The number of hydrogen-bond donors (Lipinski definition) is 1. The lowest BCUT2D eigenvalue weighted by Crippen LogP contribution is -2.24. The van der Waals surface area contributed by atoms with E-state index in [9.17, 15) is 0 Å². The number of rotatable bonds is 2. The fraction of sp³-hybridized carbons (Fsp3) is 0.353. The summed E-state index contributed by atoms with van der Waals surface area (Å²) in [6, 6.07) is 13.3. The molecule has 3 rings (SSSR count). The summed E-state index contributed by atoms with van der Waals surface area (Å²) in [5.74, 6) is 0. The van der Waals surface area contributed by atoms with Gasteiger partial charge in [-0.05, 0) is 42.0 Å². The molecule has 0 radical (unpaired) electrons. The van der Waals surface area contributed by atoms with Gasteiger partial charge in [0.1, 0.15) is 0 Å². The van der Waals surface area contributed by atoms with Crippen molar-refractivity contribution >= 4 is 5.69 Å². The Bertz CT molecular complexity index is 584. The standard InChI is InChI=1S/C17H20N2/c1-12-8-9-14(11-18-12)19-16-15-7-5-4-6-13(15)10-17(16,2)3/h4-9,11,16,19H,10H2,1-3H3. The molecule has 19 heavy (non-hydrogen) atoms. The largest absolute Gasteiger partial charge is 0.376 e. The monoisotopic (exact) mass is 252 g/mol. The highest BCUT2D eigenvalue weighted by molar-refractivity contribution is 5.48. The molecule has 2 heteroatoms. The van der Waals surface area contributed by atoms with Crippen molar-refractivity contribution in [3.05, 3.63) is 59.4 Å². The predicted molar refractivity (Wildman–Crippen MR) is 79.3 cm³/mol. The number of aromatic nitrogens is 1. The first-order valence-corrected chi connectivity index (χ1v) is 6.83. The first-order chi connectivity index (χ1) is 9.06. The molecule has 1 heterocycles. The highest BCUT2D eigenvalue weighted by Gasteiger charge is 2.38. The number of aryl methyl sites for hydroxylation is 1. The second-order valence-electron chi connectivity index (χ2n) is 6.13. The molecule has 1 aliphatic carbocycles. The van der Waals surface area contributed by atoms with E-state index in [4.69, 9.17) is 0 Å². The van der Waals surface area contributed by atoms with Crippen LogP contribution in [0.15, 0.2) is 42.6 Å². The van der Waals surface area contributed by atoms with E-state index in [1.165, 1.54) is 11.1 Å². The van der Waals surface area contributed by atoms with Crippen LogP contribution in [0.1, 0.15) is 36.7 Å². The van der Waals surface area contributed by atoms with Crippen molar-refractivity contribution in [3.63, 3.8) is 0 Å². The zero-order valence-electron chi connectivity index (χ0n) is 11.8. The lowest BCUT2D eigenvalue weighted by Gasteiger charge is -2.29. The van der Waals surface area contributed by atoms with Crippen LogP contribution in [-0.2, 0) is 6.42 Å². The van der Waals surface area contributed by atoms with E-state index in [0.717, 1.165) is 17.8 Å². The zero-order valence-corrected chi connectivity index (χ0v) is 11.8.